The van der Waals surface area contributed by atoms with E-state index in [2.05, 4.69) is 22.4 Å². The maximum Gasteiger partial charge on any atom is 0.271 e. The van der Waals surface area contributed by atoms with E-state index >= 15 is 0 Å². The first-order valence-electron chi connectivity index (χ1n) is 9.13. The number of fused-ring (bicyclic) bond motifs is 4. The molecule has 26 heavy (non-hydrogen) atoms. The second kappa shape index (κ2) is 6.06. The first-order chi connectivity index (χ1) is 12.7. The molecule has 1 N–H and O–H groups in total. The summed E-state index contributed by atoms with van der Waals surface area (Å²) >= 11 is 1.57. The van der Waals surface area contributed by atoms with E-state index in [0.29, 0.717) is 4.96 Å². The highest BCUT2D eigenvalue weighted by Crippen LogP contribution is 2.30. The van der Waals surface area contributed by atoms with Crippen molar-refractivity contribution >= 4 is 22.2 Å². The van der Waals surface area contributed by atoms with E-state index in [1.165, 1.54) is 16.6 Å². The van der Waals surface area contributed by atoms with Gasteiger partial charge in [-0.1, -0.05) is 24.3 Å². The summed E-state index contributed by atoms with van der Waals surface area (Å²) < 4.78 is 1.65. The molecule has 3 aromatic rings. The van der Waals surface area contributed by atoms with Crippen LogP contribution in [0.15, 0.2) is 35.3 Å². The standard InChI is InChI=1S/C20H19N3O2S/c24-18(22-15-8-3-6-12-5-1-2-7-13(12)15)14-11-21-20-23(19(14)25)16-9-4-10-17(16)26-20/h1-2,5,7,11,15H,3-4,6,8-10H2,(H,22,24)/t15-/m0/s1. The summed E-state index contributed by atoms with van der Waals surface area (Å²) in [7, 11) is 0. The maximum atomic E-state index is 12.9. The lowest BCUT2D eigenvalue weighted by Crippen LogP contribution is -2.35. The molecule has 0 radical (unpaired) electrons. The van der Waals surface area contributed by atoms with Crippen molar-refractivity contribution in [2.45, 2.75) is 44.6 Å². The van der Waals surface area contributed by atoms with Gasteiger partial charge in [-0.15, -0.1) is 11.3 Å². The monoisotopic (exact) mass is 365 g/mol. The summed E-state index contributed by atoms with van der Waals surface area (Å²) in [5, 5.41) is 3.07. The Hall–Kier alpha value is -2.47. The van der Waals surface area contributed by atoms with E-state index < -0.39 is 0 Å². The van der Waals surface area contributed by atoms with Gasteiger partial charge in [-0.05, 0) is 49.7 Å². The van der Waals surface area contributed by atoms with E-state index in [4.69, 9.17) is 0 Å². The molecule has 2 heterocycles. The van der Waals surface area contributed by atoms with E-state index in [0.717, 1.165) is 49.8 Å². The molecule has 5 nitrogen and oxygen atoms in total. The Labute approximate surface area is 154 Å². The second-order valence-electron chi connectivity index (χ2n) is 7.04. The van der Waals surface area contributed by atoms with Gasteiger partial charge in [-0.2, -0.15) is 0 Å². The normalized spacial score (nSPS) is 18.5. The Bertz CT molecular complexity index is 1080. The molecule has 132 valence electrons. The van der Waals surface area contributed by atoms with Gasteiger partial charge >= 0.3 is 0 Å². The van der Waals surface area contributed by atoms with Crippen LogP contribution in [0.1, 0.15) is 57.4 Å². The zero-order chi connectivity index (χ0) is 17.7. The number of carbonyl (C=O) groups is 1. The molecule has 1 aromatic carbocycles. The fourth-order valence-electron chi connectivity index (χ4n) is 4.20. The van der Waals surface area contributed by atoms with Crippen LogP contribution in [-0.2, 0) is 19.3 Å². The van der Waals surface area contributed by atoms with Crippen LogP contribution in [0.4, 0.5) is 0 Å². The molecule has 0 spiro atoms. The number of aromatic nitrogens is 2. The summed E-state index contributed by atoms with van der Waals surface area (Å²) in [6.45, 7) is 0. The van der Waals surface area contributed by atoms with Gasteiger partial charge in [0.2, 0.25) is 0 Å². The molecule has 0 bridgehead atoms. The van der Waals surface area contributed by atoms with Crippen LogP contribution in [-0.4, -0.2) is 15.3 Å². The van der Waals surface area contributed by atoms with Gasteiger partial charge in [0, 0.05) is 16.8 Å². The number of hydrogen-bond acceptors (Lipinski definition) is 4. The van der Waals surface area contributed by atoms with Gasteiger partial charge in [0.05, 0.1) is 6.04 Å². The van der Waals surface area contributed by atoms with Gasteiger partial charge < -0.3 is 5.32 Å². The van der Waals surface area contributed by atoms with E-state index in [-0.39, 0.29) is 23.1 Å². The van der Waals surface area contributed by atoms with Crippen LogP contribution in [0, 0.1) is 0 Å². The van der Waals surface area contributed by atoms with Crippen LogP contribution in [0.2, 0.25) is 0 Å². The predicted molar refractivity (Wildman–Crippen MR) is 101 cm³/mol. The third kappa shape index (κ3) is 2.40. The lowest BCUT2D eigenvalue weighted by Gasteiger charge is -2.26. The number of amides is 1. The molecule has 0 unspecified atom stereocenters. The zero-order valence-electron chi connectivity index (χ0n) is 14.3. The summed E-state index contributed by atoms with van der Waals surface area (Å²) in [5.41, 5.74) is 3.39. The number of nitrogens with one attached hydrogen (secondary N) is 1. The molecular weight excluding hydrogens is 346 g/mol. The Morgan fingerprint density at radius 1 is 1.19 bits per heavy atom. The number of hydrogen-bond donors (Lipinski definition) is 1. The Morgan fingerprint density at radius 3 is 3.00 bits per heavy atom. The molecule has 2 aliphatic carbocycles. The molecule has 0 fully saturated rings. The van der Waals surface area contributed by atoms with Crippen molar-refractivity contribution in [3.8, 4) is 0 Å². The smallest absolute Gasteiger partial charge is 0.271 e. The molecule has 0 saturated carbocycles. The molecule has 1 amide bonds. The minimum absolute atomic E-state index is 0.0410. The van der Waals surface area contributed by atoms with Crippen LogP contribution in [0.3, 0.4) is 0 Å². The van der Waals surface area contributed by atoms with Crippen LogP contribution >= 0.6 is 11.3 Å². The van der Waals surface area contributed by atoms with Gasteiger partial charge in [-0.3, -0.25) is 14.0 Å². The average molecular weight is 365 g/mol. The average Bonchev–Trinajstić information content (AvgIpc) is 3.23. The highest BCUT2D eigenvalue weighted by atomic mass is 32.1. The third-order valence-electron chi connectivity index (χ3n) is 5.47. The molecule has 2 aromatic heterocycles. The van der Waals surface area contributed by atoms with Gasteiger partial charge in [-0.25, -0.2) is 4.98 Å². The summed E-state index contributed by atoms with van der Waals surface area (Å²) in [6.07, 6.45) is 7.37. The molecular formula is C20H19N3O2S. The van der Waals surface area contributed by atoms with Crippen molar-refractivity contribution in [1.29, 1.82) is 0 Å². The van der Waals surface area contributed by atoms with Crippen molar-refractivity contribution in [3.05, 3.63) is 68.1 Å². The number of rotatable bonds is 2. The lowest BCUT2D eigenvalue weighted by molar-refractivity contribution is 0.0930. The van der Waals surface area contributed by atoms with Crippen molar-refractivity contribution in [3.63, 3.8) is 0 Å². The molecule has 2 aliphatic rings. The van der Waals surface area contributed by atoms with Crippen molar-refractivity contribution in [1.82, 2.24) is 14.7 Å². The van der Waals surface area contributed by atoms with Gasteiger partial charge in [0.25, 0.3) is 11.5 Å². The fraction of sp³-hybridized carbons (Fsp3) is 0.350. The van der Waals surface area contributed by atoms with Crippen LogP contribution < -0.4 is 10.9 Å². The Kier molecular flexibility index (Phi) is 3.67. The first-order valence-corrected chi connectivity index (χ1v) is 9.95. The molecule has 5 rings (SSSR count). The predicted octanol–water partition coefficient (Wildman–Crippen LogP) is 3.05. The number of benzene rings is 1. The van der Waals surface area contributed by atoms with Crippen LogP contribution in [0.25, 0.3) is 4.96 Å². The maximum absolute atomic E-state index is 12.9. The highest BCUT2D eigenvalue weighted by Gasteiger charge is 2.25. The summed E-state index contributed by atoms with van der Waals surface area (Å²) in [6, 6.07) is 8.18. The molecule has 0 aliphatic heterocycles. The minimum Gasteiger partial charge on any atom is -0.345 e. The number of thiazole rings is 1. The molecule has 0 saturated heterocycles. The minimum atomic E-state index is -0.323. The summed E-state index contributed by atoms with van der Waals surface area (Å²) in [5.74, 6) is -0.323. The number of nitrogens with zero attached hydrogens (tertiary/aromatic N) is 2. The first kappa shape index (κ1) is 15.8. The largest absolute Gasteiger partial charge is 0.345 e. The van der Waals surface area contributed by atoms with E-state index in [1.54, 1.807) is 15.7 Å². The van der Waals surface area contributed by atoms with Crippen molar-refractivity contribution < 1.29 is 4.79 Å². The Morgan fingerprint density at radius 2 is 2.08 bits per heavy atom. The van der Waals surface area contributed by atoms with Crippen molar-refractivity contribution in [2.75, 3.05) is 0 Å². The molecule has 6 heteroatoms. The highest BCUT2D eigenvalue weighted by molar-refractivity contribution is 7.17. The fourth-order valence-corrected chi connectivity index (χ4v) is 5.37. The van der Waals surface area contributed by atoms with E-state index in [1.807, 2.05) is 12.1 Å². The summed E-state index contributed by atoms with van der Waals surface area (Å²) in [4.78, 5) is 32.1. The number of carbonyl (C=O) groups excluding carboxylic acids is 1. The zero-order valence-corrected chi connectivity index (χ0v) is 15.1. The molecule has 1 atom stereocenters. The third-order valence-corrected chi connectivity index (χ3v) is 6.63. The Balaban J connectivity index is 1.50. The van der Waals surface area contributed by atoms with Crippen LogP contribution in [0.5, 0.6) is 0 Å². The topological polar surface area (TPSA) is 63.5 Å². The quantitative estimate of drug-likeness (QED) is 0.759. The second-order valence-corrected chi connectivity index (χ2v) is 8.10. The lowest BCUT2D eigenvalue weighted by atomic mass is 9.87. The SMILES string of the molecule is O=C(N[C@H]1CCCc2ccccc21)c1cnc2sc3c(n2c1=O)CCC3. The van der Waals surface area contributed by atoms with Crippen molar-refractivity contribution in [2.24, 2.45) is 0 Å². The van der Waals surface area contributed by atoms with Gasteiger partial charge in [0.1, 0.15) is 5.56 Å². The van der Waals surface area contributed by atoms with E-state index in [9.17, 15) is 9.59 Å². The number of aryl methyl sites for hydroxylation is 3. The van der Waals surface area contributed by atoms with Gasteiger partial charge in [0.15, 0.2) is 4.96 Å².